The number of nitrogens with zero attached hydrogens (tertiary/aromatic N) is 1. The molecular formula is C9H16N2OS. The number of ether oxygens (including phenoxy) is 1. The molecule has 13 heavy (non-hydrogen) atoms. The van der Waals surface area contributed by atoms with Gasteiger partial charge in [0.2, 0.25) is 0 Å². The van der Waals surface area contributed by atoms with Crippen LogP contribution in [0.25, 0.3) is 0 Å². The Morgan fingerprint density at radius 3 is 2.92 bits per heavy atom. The molecule has 0 spiro atoms. The zero-order chi connectivity index (χ0) is 9.52. The molecule has 1 N–H and O–H groups in total. The summed E-state index contributed by atoms with van der Waals surface area (Å²) in [6, 6.07) is 0. The van der Waals surface area contributed by atoms with Gasteiger partial charge in [0, 0.05) is 32.7 Å². The topological polar surface area (TPSA) is 29.9 Å². The van der Waals surface area contributed by atoms with E-state index in [0.717, 1.165) is 30.8 Å². The lowest BCUT2D eigenvalue weighted by Crippen LogP contribution is -1.97. The van der Waals surface area contributed by atoms with Crippen LogP contribution in [0, 0.1) is 4.77 Å². The van der Waals surface area contributed by atoms with Crippen LogP contribution in [0.4, 0.5) is 0 Å². The molecule has 0 amide bonds. The molecule has 0 atom stereocenters. The van der Waals surface area contributed by atoms with Crippen LogP contribution < -0.4 is 0 Å². The Morgan fingerprint density at radius 1 is 1.46 bits per heavy atom. The number of unbranched alkanes of at least 4 members (excludes halogenated alkanes) is 2. The normalized spacial score (nSPS) is 10.5. The predicted molar refractivity (Wildman–Crippen MR) is 55.3 cm³/mol. The predicted octanol–water partition coefficient (Wildman–Crippen LogP) is 2.36. The first kappa shape index (κ1) is 10.5. The Kier molecular flexibility index (Phi) is 4.78. The van der Waals surface area contributed by atoms with Crippen molar-refractivity contribution in [1.82, 2.24) is 9.55 Å². The highest BCUT2D eigenvalue weighted by atomic mass is 32.1. The van der Waals surface area contributed by atoms with E-state index in [9.17, 15) is 0 Å². The molecule has 74 valence electrons. The van der Waals surface area contributed by atoms with Crippen LogP contribution in [0.3, 0.4) is 0 Å². The van der Waals surface area contributed by atoms with Gasteiger partial charge in [-0.05, 0) is 31.5 Å². The molecule has 1 heterocycles. The van der Waals surface area contributed by atoms with Crippen LogP contribution >= 0.6 is 12.2 Å². The van der Waals surface area contributed by atoms with E-state index in [2.05, 4.69) is 9.55 Å². The molecular weight excluding hydrogens is 184 g/mol. The maximum Gasteiger partial charge on any atom is 0.177 e. The molecule has 3 nitrogen and oxygen atoms in total. The number of aromatic nitrogens is 2. The monoisotopic (exact) mass is 200 g/mol. The molecule has 4 heteroatoms. The highest BCUT2D eigenvalue weighted by Gasteiger charge is 1.92. The second-order valence-electron chi connectivity index (χ2n) is 3.01. The number of hydrogen-bond donors (Lipinski definition) is 1. The van der Waals surface area contributed by atoms with E-state index < -0.39 is 0 Å². The largest absolute Gasteiger partial charge is 0.385 e. The number of nitrogens with one attached hydrogen (secondary N) is 1. The van der Waals surface area contributed by atoms with Gasteiger partial charge in [0.05, 0.1) is 0 Å². The van der Waals surface area contributed by atoms with Crippen molar-refractivity contribution < 1.29 is 4.74 Å². The summed E-state index contributed by atoms with van der Waals surface area (Å²) in [6.45, 7) is 1.87. The van der Waals surface area contributed by atoms with Crippen molar-refractivity contribution in [1.29, 1.82) is 0 Å². The first-order chi connectivity index (χ1) is 6.34. The number of aromatic amines is 1. The van der Waals surface area contributed by atoms with E-state index in [4.69, 9.17) is 17.0 Å². The van der Waals surface area contributed by atoms with E-state index in [-0.39, 0.29) is 0 Å². The third-order valence-electron chi connectivity index (χ3n) is 1.97. The molecule has 0 saturated carbocycles. The van der Waals surface area contributed by atoms with Crippen LogP contribution in [0.2, 0.25) is 0 Å². The second kappa shape index (κ2) is 5.94. The van der Waals surface area contributed by atoms with Gasteiger partial charge in [0.1, 0.15) is 0 Å². The van der Waals surface area contributed by atoms with Crippen LogP contribution in [0.5, 0.6) is 0 Å². The molecule has 1 aromatic rings. The van der Waals surface area contributed by atoms with E-state index in [0.29, 0.717) is 0 Å². The molecule has 0 aliphatic heterocycles. The Bertz CT molecular complexity index is 279. The molecule has 1 rings (SSSR count). The Hall–Kier alpha value is -0.610. The van der Waals surface area contributed by atoms with Crippen LogP contribution in [0.1, 0.15) is 19.3 Å². The zero-order valence-electron chi connectivity index (χ0n) is 7.95. The molecule has 0 aliphatic rings. The molecule has 0 saturated heterocycles. The summed E-state index contributed by atoms with van der Waals surface area (Å²) in [4.78, 5) is 2.97. The highest BCUT2D eigenvalue weighted by Crippen LogP contribution is 2.00. The van der Waals surface area contributed by atoms with Gasteiger partial charge in [-0.3, -0.25) is 0 Å². The number of methoxy groups -OCH3 is 1. The van der Waals surface area contributed by atoms with E-state index >= 15 is 0 Å². The summed E-state index contributed by atoms with van der Waals surface area (Å²) in [5.41, 5.74) is 0. The van der Waals surface area contributed by atoms with Crippen molar-refractivity contribution in [3.8, 4) is 0 Å². The van der Waals surface area contributed by atoms with Crippen molar-refractivity contribution in [2.24, 2.45) is 0 Å². The van der Waals surface area contributed by atoms with Crippen LogP contribution in [0.15, 0.2) is 12.4 Å². The average Bonchev–Trinajstić information content (AvgIpc) is 2.52. The minimum absolute atomic E-state index is 0.812. The third kappa shape index (κ3) is 3.74. The summed E-state index contributed by atoms with van der Waals surface area (Å²) in [5.74, 6) is 0. The van der Waals surface area contributed by atoms with Gasteiger partial charge in [-0.1, -0.05) is 0 Å². The van der Waals surface area contributed by atoms with Gasteiger partial charge in [-0.25, -0.2) is 0 Å². The molecule has 0 unspecified atom stereocenters. The van der Waals surface area contributed by atoms with E-state index in [1.807, 2.05) is 12.4 Å². The Morgan fingerprint density at radius 2 is 2.31 bits per heavy atom. The molecule has 0 aliphatic carbocycles. The van der Waals surface area contributed by atoms with Gasteiger partial charge in [0.15, 0.2) is 4.77 Å². The molecule has 1 aromatic heterocycles. The second-order valence-corrected chi connectivity index (χ2v) is 3.40. The molecule has 0 bridgehead atoms. The fourth-order valence-electron chi connectivity index (χ4n) is 1.23. The maximum absolute atomic E-state index is 5.07. The summed E-state index contributed by atoms with van der Waals surface area (Å²) >= 11 is 5.07. The molecule has 0 aromatic carbocycles. The lowest BCUT2D eigenvalue weighted by Gasteiger charge is -2.01. The molecule has 0 fully saturated rings. The number of aryl methyl sites for hydroxylation is 1. The summed E-state index contributed by atoms with van der Waals surface area (Å²) < 4.78 is 7.84. The van der Waals surface area contributed by atoms with Gasteiger partial charge in [-0.15, -0.1) is 0 Å². The number of H-pyrrole nitrogens is 1. The standard InChI is InChI=1S/C9H16N2OS/c1-12-8-4-2-3-6-11-7-5-10-9(11)13/h5,7H,2-4,6,8H2,1H3,(H,10,13). The van der Waals surface area contributed by atoms with Crippen molar-refractivity contribution >= 4 is 12.2 Å². The highest BCUT2D eigenvalue weighted by molar-refractivity contribution is 7.71. The number of imidazole rings is 1. The first-order valence-corrected chi connectivity index (χ1v) is 4.98. The lowest BCUT2D eigenvalue weighted by atomic mass is 10.2. The Labute approximate surface area is 83.7 Å². The Balaban J connectivity index is 2.13. The third-order valence-corrected chi connectivity index (χ3v) is 2.32. The summed E-state index contributed by atoms with van der Waals surface area (Å²) in [5, 5.41) is 0. The van der Waals surface area contributed by atoms with Gasteiger partial charge >= 0.3 is 0 Å². The SMILES string of the molecule is COCCCCCn1cc[nH]c1=S. The number of rotatable bonds is 6. The van der Waals surface area contributed by atoms with E-state index in [1.54, 1.807) is 7.11 Å². The fourth-order valence-corrected chi connectivity index (χ4v) is 1.45. The average molecular weight is 200 g/mol. The quantitative estimate of drug-likeness (QED) is 0.564. The first-order valence-electron chi connectivity index (χ1n) is 4.57. The summed E-state index contributed by atoms with van der Waals surface area (Å²) in [7, 11) is 1.74. The molecule has 0 radical (unpaired) electrons. The maximum atomic E-state index is 5.07. The van der Waals surface area contributed by atoms with Crippen molar-refractivity contribution in [3.05, 3.63) is 17.2 Å². The smallest absolute Gasteiger partial charge is 0.177 e. The lowest BCUT2D eigenvalue weighted by molar-refractivity contribution is 0.191. The van der Waals surface area contributed by atoms with E-state index in [1.165, 1.54) is 6.42 Å². The van der Waals surface area contributed by atoms with Crippen LogP contribution in [-0.4, -0.2) is 23.3 Å². The minimum atomic E-state index is 0.812. The van der Waals surface area contributed by atoms with Crippen molar-refractivity contribution in [3.63, 3.8) is 0 Å². The van der Waals surface area contributed by atoms with Gasteiger partial charge in [0.25, 0.3) is 0 Å². The van der Waals surface area contributed by atoms with Gasteiger partial charge < -0.3 is 14.3 Å². The van der Waals surface area contributed by atoms with Crippen molar-refractivity contribution in [2.75, 3.05) is 13.7 Å². The summed E-state index contributed by atoms with van der Waals surface area (Å²) in [6.07, 6.45) is 7.35. The van der Waals surface area contributed by atoms with Gasteiger partial charge in [-0.2, -0.15) is 0 Å². The van der Waals surface area contributed by atoms with Crippen molar-refractivity contribution in [2.45, 2.75) is 25.8 Å². The zero-order valence-corrected chi connectivity index (χ0v) is 8.77. The van der Waals surface area contributed by atoms with Crippen LogP contribution in [-0.2, 0) is 11.3 Å². The minimum Gasteiger partial charge on any atom is -0.385 e. The number of hydrogen-bond acceptors (Lipinski definition) is 2. The fraction of sp³-hybridized carbons (Fsp3) is 0.667.